The molecule has 0 aromatic carbocycles. The van der Waals surface area contributed by atoms with Crippen molar-refractivity contribution in [3.05, 3.63) is 24.2 Å². The first-order valence-electron chi connectivity index (χ1n) is 9.85. The van der Waals surface area contributed by atoms with Crippen LogP contribution in [0.3, 0.4) is 0 Å². The summed E-state index contributed by atoms with van der Waals surface area (Å²) >= 11 is 0. The first-order valence-corrected chi connectivity index (χ1v) is 9.85. The van der Waals surface area contributed by atoms with Crippen LogP contribution in [-0.4, -0.2) is 41.2 Å². The predicted molar refractivity (Wildman–Crippen MR) is 96.9 cm³/mol. The lowest BCUT2D eigenvalue weighted by Gasteiger charge is -2.43. The number of aliphatic hydroxyl groups excluding tert-OH is 1. The molecule has 1 aromatic rings. The Morgan fingerprint density at radius 2 is 2.00 bits per heavy atom. The lowest BCUT2D eigenvalue weighted by molar-refractivity contribution is 0.0764. The van der Waals surface area contributed by atoms with Crippen molar-refractivity contribution < 1.29 is 9.52 Å². The van der Waals surface area contributed by atoms with Crippen LogP contribution in [0.1, 0.15) is 70.7 Å². The molecule has 2 aliphatic rings. The van der Waals surface area contributed by atoms with E-state index in [-0.39, 0.29) is 0 Å². The van der Waals surface area contributed by atoms with E-state index in [9.17, 15) is 5.11 Å². The van der Waals surface area contributed by atoms with Crippen molar-refractivity contribution in [2.45, 2.75) is 83.0 Å². The van der Waals surface area contributed by atoms with E-state index in [0.717, 1.165) is 12.0 Å². The molecule has 1 aliphatic carbocycles. The van der Waals surface area contributed by atoms with E-state index in [4.69, 9.17) is 4.42 Å². The molecule has 1 saturated carbocycles. The van der Waals surface area contributed by atoms with Crippen LogP contribution in [0.15, 0.2) is 22.8 Å². The van der Waals surface area contributed by atoms with Crippen molar-refractivity contribution in [3.63, 3.8) is 0 Å². The van der Waals surface area contributed by atoms with Crippen LogP contribution in [0.2, 0.25) is 0 Å². The maximum absolute atomic E-state index is 10.2. The van der Waals surface area contributed by atoms with Crippen molar-refractivity contribution in [1.29, 1.82) is 0 Å². The Labute approximate surface area is 146 Å². The molecule has 24 heavy (non-hydrogen) atoms. The highest BCUT2D eigenvalue weighted by Crippen LogP contribution is 2.30. The standard InChI is InChI=1S/C20H34N2O2/c1-15-6-3-4-7-18(15)22-11-9-17(10-12-22)21-16(2)14-19(23)20-8-5-13-24-20/h5,8,13,15-19,21,23H,3-4,6-7,9-12,14H2,1-2H3. The third-order valence-corrected chi connectivity index (χ3v) is 6.03. The summed E-state index contributed by atoms with van der Waals surface area (Å²) in [6.07, 6.45) is 9.90. The Hall–Kier alpha value is -0.840. The SMILES string of the molecule is CC(CC(O)c1ccco1)NC1CCN(C2CCCCC2C)CC1. The van der Waals surface area contributed by atoms with Gasteiger partial charge in [-0.15, -0.1) is 0 Å². The quantitative estimate of drug-likeness (QED) is 0.832. The number of nitrogens with zero attached hydrogens (tertiary/aromatic N) is 1. The number of aliphatic hydroxyl groups is 1. The molecule has 0 radical (unpaired) electrons. The second kappa shape index (κ2) is 8.50. The van der Waals surface area contributed by atoms with Gasteiger partial charge in [0.15, 0.2) is 0 Å². The zero-order valence-corrected chi connectivity index (χ0v) is 15.3. The van der Waals surface area contributed by atoms with E-state index in [1.807, 2.05) is 12.1 Å². The first-order chi connectivity index (χ1) is 11.6. The molecule has 0 bridgehead atoms. The van der Waals surface area contributed by atoms with Crippen LogP contribution in [0.4, 0.5) is 0 Å². The normalized spacial score (nSPS) is 29.5. The molecule has 0 amide bonds. The number of piperidine rings is 1. The highest BCUT2D eigenvalue weighted by Gasteiger charge is 2.30. The van der Waals surface area contributed by atoms with Crippen molar-refractivity contribution in [1.82, 2.24) is 10.2 Å². The molecule has 136 valence electrons. The predicted octanol–water partition coefficient (Wildman–Crippen LogP) is 3.72. The number of rotatable bonds is 6. The molecule has 1 aromatic heterocycles. The number of nitrogens with one attached hydrogen (secondary N) is 1. The van der Waals surface area contributed by atoms with Crippen LogP contribution in [0.5, 0.6) is 0 Å². The molecule has 4 atom stereocenters. The van der Waals surface area contributed by atoms with Crippen LogP contribution < -0.4 is 5.32 Å². The monoisotopic (exact) mass is 334 g/mol. The minimum absolute atomic E-state index is 0.301. The third-order valence-electron chi connectivity index (χ3n) is 6.03. The largest absolute Gasteiger partial charge is 0.467 e. The second-order valence-electron chi connectivity index (χ2n) is 7.97. The fourth-order valence-corrected chi connectivity index (χ4v) is 4.64. The van der Waals surface area contributed by atoms with Crippen LogP contribution in [0, 0.1) is 5.92 Å². The van der Waals surface area contributed by atoms with Crippen molar-refractivity contribution in [2.24, 2.45) is 5.92 Å². The van der Waals surface area contributed by atoms with E-state index >= 15 is 0 Å². The maximum Gasteiger partial charge on any atom is 0.132 e. The summed E-state index contributed by atoms with van der Waals surface area (Å²) in [4.78, 5) is 2.74. The highest BCUT2D eigenvalue weighted by atomic mass is 16.4. The molecule has 1 aliphatic heterocycles. The van der Waals surface area contributed by atoms with Gasteiger partial charge in [-0.25, -0.2) is 0 Å². The summed E-state index contributed by atoms with van der Waals surface area (Å²) < 4.78 is 5.29. The molecule has 0 spiro atoms. The Morgan fingerprint density at radius 3 is 2.67 bits per heavy atom. The van der Waals surface area contributed by atoms with Gasteiger partial charge < -0.3 is 19.7 Å². The maximum atomic E-state index is 10.2. The Bertz CT molecular complexity index is 468. The second-order valence-corrected chi connectivity index (χ2v) is 7.97. The highest BCUT2D eigenvalue weighted by molar-refractivity contribution is 5.02. The fourth-order valence-electron chi connectivity index (χ4n) is 4.64. The summed E-state index contributed by atoms with van der Waals surface area (Å²) in [7, 11) is 0. The topological polar surface area (TPSA) is 48.6 Å². The molecule has 3 rings (SSSR count). The molecular formula is C20H34N2O2. The Morgan fingerprint density at radius 1 is 1.25 bits per heavy atom. The van der Waals surface area contributed by atoms with Gasteiger partial charge in [0, 0.05) is 18.1 Å². The van der Waals surface area contributed by atoms with E-state index < -0.39 is 6.10 Å². The van der Waals surface area contributed by atoms with Gasteiger partial charge in [0.2, 0.25) is 0 Å². The number of hydrogen-bond donors (Lipinski definition) is 2. The van der Waals surface area contributed by atoms with Gasteiger partial charge in [0.25, 0.3) is 0 Å². The lowest BCUT2D eigenvalue weighted by Crippen LogP contribution is -2.50. The summed E-state index contributed by atoms with van der Waals surface area (Å²) in [5.74, 6) is 1.54. The zero-order chi connectivity index (χ0) is 16.9. The van der Waals surface area contributed by atoms with Gasteiger partial charge in [0.1, 0.15) is 11.9 Å². The number of furan rings is 1. The average Bonchev–Trinajstić information content (AvgIpc) is 3.11. The number of likely N-dealkylation sites (tertiary alicyclic amines) is 1. The average molecular weight is 335 g/mol. The van der Waals surface area contributed by atoms with Gasteiger partial charge in [-0.05, 0) is 70.2 Å². The molecule has 4 unspecified atom stereocenters. The molecule has 2 fully saturated rings. The molecule has 2 heterocycles. The summed E-state index contributed by atoms with van der Waals surface area (Å²) in [5.41, 5.74) is 0. The minimum atomic E-state index is -0.509. The van der Waals surface area contributed by atoms with Crippen LogP contribution >= 0.6 is 0 Å². The van der Waals surface area contributed by atoms with E-state index in [1.165, 1.54) is 51.6 Å². The summed E-state index contributed by atoms with van der Waals surface area (Å²) in [6.45, 7) is 7.05. The van der Waals surface area contributed by atoms with E-state index in [1.54, 1.807) is 6.26 Å². The number of hydrogen-bond acceptors (Lipinski definition) is 4. The van der Waals surface area contributed by atoms with Gasteiger partial charge in [0.05, 0.1) is 6.26 Å². The van der Waals surface area contributed by atoms with Gasteiger partial charge in [-0.2, -0.15) is 0 Å². The van der Waals surface area contributed by atoms with E-state index in [2.05, 4.69) is 24.1 Å². The Balaban J connectivity index is 1.40. The summed E-state index contributed by atoms with van der Waals surface area (Å²) in [6, 6.07) is 5.38. The molecule has 2 N–H and O–H groups in total. The molecular weight excluding hydrogens is 300 g/mol. The first kappa shape index (κ1) is 18.0. The molecule has 4 nitrogen and oxygen atoms in total. The Kier molecular flexibility index (Phi) is 6.37. The van der Waals surface area contributed by atoms with Crippen LogP contribution in [0.25, 0.3) is 0 Å². The minimum Gasteiger partial charge on any atom is -0.467 e. The van der Waals surface area contributed by atoms with Gasteiger partial charge in [-0.3, -0.25) is 0 Å². The zero-order valence-electron chi connectivity index (χ0n) is 15.3. The smallest absolute Gasteiger partial charge is 0.132 e. The third kappa shape index (κ3) is 4.62. The van der Waals surface area contributed by atoms with Crippen LogP contribution in [-0.2, 0) is 0 Å². The van der Waals surface area contributed by atoms with Crippen molar-refractivity contribution >= 4 is 0 Å². The molecule has 1 saturated heterocycles. The van der Waals surface area contributed by atoms with Crippen molar-refractivity contribution in [2.75, 3.05) is 13.1 Å². The fraction of sp³-hybridized carbons (Fsp3) is 0.800. The lowest BCUT2D eigenvalue weighted by atomic mass is 9.84. The molecule has 4 heteroatoms. The van der Waals surface area contributed by atoms with Gasteiger partial charge in [-0.1, -0.05) is 19.8 Å². The van der Waals surface area contributed by atoms with Gasteiger partial charge >= 0.3 is 0 Å². The van der Waals surface area contributed by atoms with E-state index in [0.29, 0.717) is 24.3 Å². The van der Waals surface area contributed by atoms with Crippen molar-refractivity contribution in [3.8, 4) is 0 Å². The summed E-state index contributed by atoms with van der Waals surface area (Å²) in [5, 5.41) is 13.9.